The molecule has 4 heterocycles. The van der Waals surface area contributed by atoms with Crippen molar-refractivity contribution in [3.8, 4) is 67.9 Å². The number of H-pyrrole nitrogens is 4. The summed E-state index contributed by atoms with van der Waals surface area (Å²) < 4.78 is 140. The fourth-order valence-electron chi connectivity index (χ4n) is 12.2. The maximum atomic E-state index is 14.1. The molecule has 0 radical (unpaired) electrons. The number of nitrogens with one attached hydrogen (secondary N) is 4. The molecule has 8 aromatic rings. The van der Waals surface area contributed by atoms with Gasteiger partial charge in [0.05, 0.1) is 74.0 Å². The number of halogens is 8. The quantitative estimate of drug-likeness (QED) is 0.0210. The summed E-state index contributed by atoms with van der Waals surface area (Å²) in [6.45, 7) is 29.7. The van der Waals surface area contributed by atoms with Gasteiger partial charge in [0, 0.05) is 122 Å². The minimum atomic E-state index is -2.96. The molecule has 1 aliphatic rings. The monoisotopic (exact) mass is 1560 g/mol. The van der Waals surface area contributed by atoms with E-state index in [0.717, 1.165) is 182 Å². The molecule has 1 saturated carbocycles. The average molecular weight is 1560 g/mol. The van der Waals surface area contributed by atoms with Crippen LogP contribution in [0.25, 0.3) is 44.9 Å². The smallest absolute Gasteiger partial charge is 0.270 e. The van der Waals surface area contributed by atoms with Gasteiger partial charge in [-0.15, -0.1) is 0 Å². The van der Waals surface area contributed by atoms with E-state index in [1.54, 1.807) is 44.0 Å². The fourth-order valence-corrected chi connectivity index (χ4v) is 12.2. The van der Waals surface area contributed by atoms with Gasteiger partial charge < -0.3 is 43.3 Å². The number of methoxy groups -OCH3 is 1. The Bertz CT molecular complexity index is 3830. The van der Waals surface area contributed by atoms with E-state index in [1.165, 1.54) is 48.9 Å². The van der Waals surface area contributed by atoms with Gasteiger partial charge in [-0.2, -0.15) is 20.4 Å². The molecule has 1 fully saturated rings. The number of hydrogen-bond donors (Lipinski definition) is 4. The molecule has 0 unspecified atom stereocenters. The van der Waals surface area contributed by atoms with Crippen LogP contribution in [0.1, 0.15) is 211 Å². The molecule has 0 saturated heterocycles. The molecule has 4 aromatic heterocycles. The first-order chi connectivity index (χ1) is 52.6. The number of aromatic nitrogens is 8. The second kappa shape index (κ2) is 45.2. The largest absolute Gasteiger partial charge is 0.494 e. The Morgan fingerprint density at radius 1 is 0.405 bits per heavy atom. The van der Waals surface area contributed by atoms with Gasteiger partial charge in [-0.1, -0.05) is 87.5 Å². The number of ether oxygens (including phenoxy) is 5. The zero-order chi connectivity index (χ0) is 81.5. The van der Waals surface area contributed by atoms with E-state index in [9.17, 15) is 35.1 Å². The Kier molecular flexibility index (Phi) is 37.4. The van der Waals surface area contributed by atoms with Crippen LogP contribution in [-0.2, 0) is 54.6 Å². The number of hydrogen-bond acceptors (Lipinski definition) is 13. The van der Waals surface area contributed by atoms with Crippen LogP contribution in [0.4, 0.5) is 35.1 Å². The van der Waals surface area contributed by atoms with Gasteiger partial charge in [-0.25, -0.2) is 35.1 Å². The lowest BCUT2D eigenvalue weighted by atomic mass is 9.86. The van der Waals surface area contributed by atoms with Gasteiger partial charge in [-0.05, 0) is 202 Å². The van der Waals surface area contributed by atoms with Crippen LogP contribution >= 0.6 is 0 Å². The predicted octanol–water partition coefficient (Wildman–Crippen LogP) is 21.7. The molecular formula is C86H126F8N12O5. The first-order valence-electron chi connectivity index (χ1n) is 39.6. The van der Waals surface area contributed by atoms with Crippen LogP contribution in [0.5, 0.6) is 23.0 Å². The van der Waals surface area contributed by atoms with Crippen LogP contribution in [0, 0.1) is 17.8 Å². The summed E-state index contributed by atoms with van der Waals surface area (Å²) in [5.74, 6) is -8.40. The summed E-state index contributed by atoms with van der Waals surface area (Å²) in [5.41, 5.74) is 9.48. The third-order valence-corrected chi connectivity index (χ3v) is 19.2. The first-order valence-corrected chi connectivity index (χ1v) is 39.6. The molecular weight excluding hydrogens is 1430 g/mol. The minimum absolute atomic E-state index is 0.0338. The fraction of sp³-hybridized carbons (Fsp3) is 0.581. The van der Waals surface area contributed by atoms with Gasteiger partial charge >= 0.3 is 0 Å². The molecule has 4 N–H and O–H groups in total. The topological polar surface area (TPSA) is 174 Å². The molecule has 0 aliphatic heterocycles. The van der Waals surface area contributed by atoms with E-state index in [2.05, 4.69) is 137 Å². The molecule has 17 nitrogen and oxygen atoms in total. The van der Waals surface area contributed by atoms with Crippen molar-refractivity contribution in [2.75, 3.05) is 94.5 Å². The Hall–Kier alpha value is -7.84. The number of benzene rings is 4. The molecule has 0 atom stereocenters. The number of nitrogens with zero attached hydrogens (tertiary/aromatic N) is 8. The van der Waals surface area contributed by atoms with E-state index >= 15 is 0 Å². The molecule has 0 spiro atoms. The van der Waals surface area contributed by atoms with Gasteiger partial charge in [0.1, 0.15) is 29.6 Å². The van der Waals surface area contributed by atoms with Crippen molar-refractivity contribution in [1.29, 1.82) is 0 Å². The third kappa shape index (κ3) is 31.6. The van der Waals surface area contributed by atoms with Gasteiger partial charge in [0.15, 0.2) is 0 Å². The lowest BCUT2D eigenvalue weighted by Gasteiger charge is -2.25. The zero-order valence-electron chi connectivity index (χ0n) is 69.0. The first kappa shape index (κ1) is 92.0. The molecule has 9 rings (SSSR count). The Morgan fingerprint density at radius 3 is 1.04 bits per heavy atom. The summed E-state index contributed by atoms with van der Waals surface area (Å²) in [4.78, 5) is 8.85. The van der Waals surface area contributed by atoms with Crippen LogP contribution in [0.3, 0.4) is 0 Å². The summed E-state index contributed by atoms with van der Waals surface area (Å²) in [6, 6.07) is 19.1. The Labute approximate surface area is 655 Å². The Balaban J connectivity index is 0.000000231. The summed E-state index contributed by atoms with van der Waals surface area (Å²) in [6.07, 6.45) is 21.3. The predicted molar refractivity (Wildman–Crippen MR) is 429 cm³/mol. The molecule has 25 heteroatoms. The molecule has 1 aliphatic carbocycles. The van der Waals surface area contributed by atoms with Crippen molar-refractivity contribution < 1.29 is 58.8 Å². The van der Waals surface area contributed by atoms with Gasteiger partial charge in [-0.3, -0.25) is 20.4 Å². The van der Waals surface area contributed by atoms with Crippen molar-refractivity contribution >= 4 is 0 Å². The normalized spacial score (nSPS) is 12.9. The van der Waals surface area contributed by atoms with E-state index in [0.29, 0.717) is 116 Å². The molecule has 4 aromatic carbocycles. The highest BCUT2D eigenvalue weighted by molar-refractivity contribution is 5.70. The SMILES string of the molecule is CCCCN(C)Cc1[nH]ncc1-c1cc(OCCC(C)C)cc(C(C)(F)F)c1.CCCCN(C)Cc1cn[nH]c1-c1cc(OCC2CCC2)cc(C(C)(F)F)c1.CCCCN(C)Cc1cn[nH]c1-c1cc(OCCC(C)C)cc(C(C)(F)F)c1.CCCCN(C)Cc1cn[nH]c1-c1cc(OCCOC)cc(C(C)(F)F)c1. The van der Waals surface area contributed by atoms with Crippen molar-refractivity contribution in [3.63, 3.8) is 0 Å². The highest BCUT2D eigenvalue weighted by Crippen LogP contribution is 2.41. The Morgan fingerprint density at radius 2 is 0.721 bits per heavy atom. The van der Waals surface area contributed by atoms with E-state index in [1.807, 2.05) is 25.2 Å². The second-order valence-corrected chi connectivity index (χ2v) is 31.0. The summed E-state index contributed by atoms with van der Waals surface area (Å²) >= 11 is 0. The third-order valence-electron chi connectivity index (χ3n) is 19.2. The van der Waals surface area contributed by atoms with Crippen LogP contribution in [-0.4, -0.2) is 155 Å². The average Bonchev–Trinajstić information content (AvgIpc) is 1.80. The molecule has 0 amide bonds. The highest BCUT2D eigenvalue weighted by Gasteiger charge is 2.31. The highest BCUT2D eigenvalue weighted by atomic mass is 19.3. The van der Waals surface area contributed by atoms with Gasteiger partial charge in [0.25, 0.3) is 23.7 Å². The maximum absolute atomic E-state index is 14.1. The van der Waals surface area contributed by atoms with Crippen molar-refractivity contribution in [3.05, 3.63) is 142 Å². The second-order valence-electron chi connectivity index (χ2n) is 31.0. The number of alkyl halides is 8. The number of aromatic amines is 4. The van der Waals surface area contributed by atoms with E-state index in [4.69, 9.17) is 23.7 Å². The van der Waals surface area contributed by atoms with Crippen LogP contribution in [0.15, 0.2) is 97.6 Å². The van der Waals surface area contributed by atoms with Crippen LogP contribution < -0.4 is 18.9 Å². The van der Waals surface area contributed by atoms with Crippen LogP contribution in [0.2, 0.25) is 0 Å². The van der Waals surface area contributed by atoms with E-state index < -0.39 is 23.7 Å². The summed E-state index contributed by atoms with van der Waals surface area (Å²) in [5, 5.41) is 28.6. The minimum Gasteiger partial charge on any atom is -0.494 e. The molecule has 616 valence electrons. The lowest BCUT2D eigenvalue weighted by molar-refractivity contribution is 0.0165. The van der Waals surface area contributed by atoms with Crippen molar-refractivity contribution in [2.45, 2.75) is 216 Å². The van der Waals surface area contributed by atoms with E-state index in [-0.39, 0.29) is 22.3 Å². The van der Waals surface area contributed by atoms with Crippen molar-refractivity contribution in [2.24, 2.45) is 17.8 Å². The summed E-state index contributed by atoms with van der Waals surface area (Å²) in [7, 11) is 9.79. The molecule has 111 heavy (non-hydrogen) atoms. The number of unbranched alkanes of at least 4 members (excludes halogenated alkanes) is 4. The standard InChI is InChI=1S/C22H31F2N3O.2C22H33F2N3O.C20H29F2N3O2/c1-4-5-9-27(3)14-18-13-25-26-21(18)17-10-19(22(2,23)24)12-20(11-17)28-15-16-7-6-8-16;1-6-7-9-27(5)15-18-14-25-26-21(18)17-11-19(22(4,23)24)13-20(12-17)28-10-8-16(2)3;1-6-7-9-27(5)15-21-20(14-25-26-21)17-11-18(22(4,23)24)13-19(12-17)28-10-8-16(2)3;1-5-6-7-25(3)14-16-13-23-24-19(16)15-10-17(20(2,21)22)12-18(11-15)27-9-8-26-4/h10-13,16H,4-9,14-15H2,1-3H3,(H,25,26);2*11-14,16H,6-10,15H2,1-5H3,(H,25,26);10-13H,5-9,14H2,1-4H3,(H,23,24). The number of rotatable bonds is 43. The maximum Gasteiger partial charge on any atom is 0.270 e. The zero-order valence-corrected chi connectivity index (χ0v) is 69.0. The lowest BCUT2D eigenvalue weighted by Crippen LogP contribution is -2.19. The molecule has 0 bridgehead atoms. The van der Waals surface area contributed by atoms with Gasteiger partial charge in [0.2, 0.25) is 0 Å². The van der Waals surface area contributed by atoms with Crippen molar-refractivity contribution in [1.82, 2.24) is 60.4 Å².